The minimum absolute atomic E-state index is 0.0707. The van der Waals surface area contributed by atoms with Crippen molar-refractivity contribution in [2.24, 2.45) is 5.73 Å². The van der Waals surface area contributed by atoms with E-state index in [1.807, 2.05) is 6.07 Å². The van der Waals surface area contributed by atoms with Crippen LogP contribution in [0.4, 0.5) is 4.39 Å². The van der Waals surface area contributed by atoms with E-state index in [2.05, 4.69) is 6.08 Å². The van der Waals surface area contributed by atoms with Crippen molar-refractivity contribution in [3.8, 4) is 0 Å². The Morgan fingerprint density at radius 2 is 2.21 bits per heavy atom. The average Bonchev–Trinajstić information content (AvgIpc) is 2.60. The van der Waals surface area contributed by atoms with Gasteiger partial charge in [-0.15, -0.1) is 0 Å². The molecule has 1 aromatic carbocycles. The highest BCUT2D eigenvalue weighted by Crippen LogP contribution is 2.33. The normalized spacial score (nSPS) is 17.4. The highest BCUT2D eigenvalue weighted by molar-refractivity contribution is 5.72. The summed E-state index contributed by atoms with van der Waals surface area (Å²) in [4.78, 5) is 0. The zero-order valence-electron chi connectivity index (χ0n) is 8.09. The van der Waals surface area contributed by atoms with Crippen molar-refractivity contribution in [2.75, 3.05) is 6.54 Å². The highest BCUT2D eigenvalue weighted by Gasteiger charge is 2.18. The van der Waals surface area contributed by atoms with Crippen LogP contribution in [-0.4, -0.2) is 6.54 Å². The van der Waals surface area contributed by atoms with Gasteiger partial charge < -0.3 is 5.73 Å². The minimum Gasteiger partial charge on any atom is -0.330 e. The van der Waals surface area contributed by atoms with Crippen molar-refractivity contribution in [1.29, 1.82) is 0 Å². The average molecular weight is 191 g/mol. The van der Waals surface area contributed by atoms with Crippen LogP contribution in [0.15, 0.2) is 24.3 Å². The second kappa shape index (κ2) is 3.93. The minimum atomic E-state index is -0.0707. The molecule has 0 aliphatic heterocycles. The summed E-state index contributed by atoms with van der Waals surface area (Å²) in [5.41, 5.74) is 8.65. The molecule has 0 radical (unpaired) electrons. The summed E-state index contributed by atoms with van der Waals surface area (Å²) < 4.78 is 13.3. The lowest BCUT2D eigenvalue weighted by Gasteiger charge is -2.01. The van der Waals surface area contributed by atoms with Gasteiger partial charge in [0.2, 0.25) is 0 Å². The molecule has 0 fully saturated rings. The Balaban J connectivity index is 2.35. The van der Waals surface area contributed by atoms with Crippen molar-refractivity contribution in [1.82, 2.24) is 0 Å². The largest absolute Gasteiger partial charge is 0.330 e. The number of halogens is 1. The molecule has 2 N–H and O–H groups in total. The zero-order valence-corrected chi connectivity index (χ0v) is 8.09. The van der Waals surface area contributed by atoms with Crippen LogP contribution in [0.3, 0.4) is 0 Å². The van der Waals surface area contributed by atoms with E-state index in [4.69, 9.17) is 5.73 Å². The van der Waals surface area contributed by atoms with Crippen LogP contribution in [0.5, 0.6) is 0 Å². The molecule has 0 atom stereocenters. The van der Waals surface area contributed by atoms with E-state index >= 15 is 0 Å². The molecule has 0 amide bonds. The van der Waals surface area contributed by atoms with Gasteiger partial charge in [0.15, 0.2) is 0 Å². The van der Waals surface area contributed by atoms with Gasteiger partial charge in [0.1, 0.15) is 5.82 Å². The Morgan fingerprint density at radius 3 is 3.00 bits per heavy atom. The van der Waals surface area contributed by atoms with E-state index in [9.17, 15) is 4.39 Å². The van der Waals surface area contributed by atoms with Crippen LogP contribution in [0.25, 0.3) is 5.57 Å². The Labute approximate surface area is 83.4 Å². The number of nitrogens with two attached hydrogens (primary N) is 1. The molecule has 0 saturated heterocycles. The van der Waals surface area contributed by atoms with Crippen molar-refractivity contribution in [3.05, 3.63) is 41.2 Å². The zero-order chi connectivity index (χ0) is 9.97. The van der Waals surface area contributed by atoms with Crippen molar-refractivity contribution < 1.29 is 4.39 Å². The summed E-state index contributed by atoms with van der Waals surface area (Å²) in [7, 11) is 0. The second-order valence-electron chi connectivity index (χ2n) is 3.57. The molecule has 0 saturated carbocycles. The fraction of sp³-hybridized carbons (Fsp3) is 0.333. The number of rotatable bonds is 2. The maximum absolute atomic E-state index is 13.3. The summed E-state index contributed by atoms with van der Waals surface area (Å²) in [6, 6.07) is 5.30. The number of fused-ring (bicyclic) bond motifs is 1. The van der Waals surface area contributed by atoms with Crippen LogP contribution in [0.1, 0.15) is 24.0 Å². The molecule has 0 unspecified atom stereocenters. The van der Waals surface area contributed by atoms with E-state index < -0.39 is 0 Å². The molecule has 0 bridgehead atoms. The first-order valence-corrected chi connectivity index (χ1v) is 5.00. The van der Waals surface area contributed by atoms with Crippen molar-refractivity contribution >= 4 is 5.57 Å². The van der Waals surface area contributed by atoms with Crippen LogP contribution >= 0.6 is 0 Å². The fourth-order valence-corrected chi connectivity index (χ4v) is 1.98. The molecule has 1 aromatic rings. The number of hydrogen-bond acceptors (Lipinski definition) is 1. The molecule has 0 heterocycles. The molecular weight excluding hydrogens is 177 g/mol. The lowest BCUT2D eigenvalue weighted by atomic mass is 10.1. The molecule has 14 heavy (non-hydrogen) atoms. The van der Waals surface area contributed by atoms with Gasteiger partial charge in [0, 0.05) is 0 Å². The van der Waals surface area contributed by atoms with Gasteiger partial charge in [-0.3, -0.25) is 0 Å². The van der Waals surface area contributed by atoms with Gasteiger partial charge in [-0.25, -0.2) is 4.39 Å². The van der Waals surface area contributed by atoms with Crippen LogP contribution < -0.4 is 5.73 Å². The third-order valence-electron chi connectivity index (χ3n) is 2.67. The molecule has 0 aromatic heterocycles. The molecule has 2 heteroatoms. The first kappa shape index (κ1) is 9.41. The summed E-state index contributed by atoms with van der Waals surface area (Å²) >= 11 is 0. The lowest BCUT2D eigenvalue weighted by Crippen LogP contribution is -1.95. The molecule has 0 spiro atoms. The SMILES string of the molecule is NCC/C=C1/CCc2c(F)cccc21. The number of benzene rings is 1. The first-order chi connectivity index (χ1) is 6.83. The van der Waals surface area contributed by atoms with Gasteiger partial charge >= 0.3 is 0 Å². The maximum atomic E-state index is 13.3. The highest BCUT2D eigenvalue weighted by atomic mass is 19.1. The smallest absolute Gasteiger partial charge is 0.127 e. The van der Waals surface area contributed by atoms with Gasteiger partial charge in [0.25, 0.3) is 0 Å². The summed E-state index contributed by atoms with van der Waals surface area (Å²) in [5, 5.41) is 0. The van der Waals surface area contributed by atoms with E-state index in [0.717, 1.165) is 30.4 Å². The predicted molar refractivity (Wildman–Crippen MR) is 56.4 cm³/mol. The molecule has 1 nitrogen and oxygen atoms in total. The van der Waals surface area contributed by atoms with E-state index in [-0.39, 0.29) is 5.82 Å². The molecule has 74 valence electrons. The number of allylic oxidation sites excluding steroid dienone is 1. The quantitative estimate of drug-likeness (QED) is 0.763. The Morgan fingerprint density at radius 1 is 1.36 bits per heavy atom. The second-order valence-corrected chi connectivity index (χ2v) is 3.57. The van der Waals surface area contributed by atoms with Gasteiger partial charge in [-0.05, 0) is 48.6 Å². The van der Waals surface area contributed by atoms with Crippen molar-refractivity contribution in [2.45, 2.75) is 19.3 Å². The molecule has 2 rings (SSSR count). The van der Waals surface area contributed by atoms with E-state index in [1.165, 1.54) is 11.6 Å². The van der Waals surface area contributed by atoms with Crippen molar-refractivity contribution in [3.63, 3.8) is 0 Å². The predicted octanol–water partition coefficient (Wildman–Crippen LogP) is 2.50. The molecule has 1 aliphatic rings. The molecular formula is C12H14FN. The molecule has 1 aliphatic carbocycles. The van der Waals surface area contributed by atoms with Gasteiger partial charge in [-0.1, -0.05) is 18.2 Å². The van der Waals surface area contributed by atoms with Crippen LogP contribution in [0.2, 0.25) is 0 Å². The lowest BCUT2D eigenvalue weighted by molar-refractivity contribution is 0.613. The monoisotopic (exact) mass is 191 g/mol. The topological polar surface area (TPSA) is 26.0 Å². The Hall–Kier alpha value is -1.15. The van der Waals surface area contributed by atoms with Gasteiger partial charge in [0.05, 0.1) is 0 Å². The number of hydrogen-bond donors (Lipinski definition) is 1. The standard InChI is InChI=1S/C12H14FN/c13-12-5-1-4-10-9(3-2-8-14)6-7-11(10)12/h1,3-5H,2,6-8,14H2/b9-3-. The Bertz CT molecular complexity index is 369. The van der Waals surface area contributed by atoms with E-state index in [0.29, 0.717) is 6.54 Å². The summed E-state index contributed by atoms with van der Waals surface area (Å²) in [5.74, 6) is -0.0707. The fourth-order valence-electron chi connectivity index (χ4n) is 1.98. The summed E-state index contributed by atoms with van der Waals surface area (Å²) in [6.07, 6.45) is 4.80. The third-order valence-corrected chi connectivity index (χ3v) is 2.67. The van der Waals surface area contributed by atoms with E-state index in [1.54, 1.807) is 6.07 Å². The third kappa shape index (κ3) is 1.58. The summed E-state index contributed by atoms with van der Waals surface area (Å²) in [6.45, 7) is 0.661. The van der Waals surface area contributed by atoms with Crippen LogP contribution in [0, 0.1) is 5.82 Å². The first-order valence-electron chi connectivity index (χ1n) is 5.00. The maximum Gasteiger partial charge on any atom is 0.127 e. The Kier molecular flexibility index (Phi) is 2.64. The van der Waals surface area contributed by atoms with Gasteiger partial charge in [-0.2, -0.15) is 0 Å². The van der Waals surface area contributed by atoms with Crippen LogP contribution in [-0.2, 0) is 6.42 Å².